The Morgan fingerprint density at radius 1 is 1.15 bits per heavy atom. The zero-order valence-corrected chi connectivity index (χ0v) is 18.3. The predicted octanol–water partition coefficient (Wildman–Crippen LogP) is 2.13. The highest BCUT2D eigenvalue weighted by Crippen LogP contribution is 2.17. The molecule has 1 fully saturated rings. The molecule has 1 saturated heterocycles. The van der Waals surface area contributed by atoms with Crippen molar-refractivity contribution in [3.05, 3.63) is 29.8 Å². The van der Waals surface area contributed by atoms with Crippen molar-refractivity contribution in [3.63, 3.8) is 0 Å². The van der Waals surface area contributed by atoms with Gasteiger partial charge in [0.2, 0.25) is 0 Å². The number of ether oxygens (including phenoxy) is 2. The molecule has 6 nitrogen and oxygen atoms in total. The molecular weight excluding hydrogens is 443 g/mol. The van der Waals surface area contributed by atoms with Gasteiger partial charge in [0.15, 0.2) is 5.96 Å². The lowest BCUT2D eigenvalue weighted by molar-refractivity contribution is 0.0372. The Morgan fingerprint density at radius 2 is 1.88 bits per heavy atom. The van der Waals surface area contributed by atoms with E-state index in [2.05, 4.69) is 26.6 Å². The first-order valence-electron chi connectivity index (χ1n) is 9.20. The molecule has 2 rings (SSSR count). The van der Waals surface area contributed by atoms with Crippen LogP contribution in [0.3, 0.4) is 0 Å². The van der Waals surface area contributed by atoms with Crippen LogP contribution < -0.4 is 15.4 Å². The van der Waals surface area contributed by atoms with Crippen molar-refractivity contribution in [2.45, 2.75) is 19.3 Å². The number of unbranched alkanes of at least 4 members (excludes halogenated alkanes) is 1. The van der Waals surface area contributed by atoms with Gasteiger partial charge in [-0.15, -0.1) is 24.0 Å². The van der Waals surface area contributed by atoms with E-state index >= 15 is 0 Å². The van der Waals surface area contributed by atoms with E-state index in [9.17, 15) is 0 Å². The maximum absolute atomic E-state index is 5.39. The summed E-state index contributed by atoms with van der Waals surface area (Å²) in [6.45, 7) is 6.82. The number of guanidine groups is 1. The second-order valence-electron chi connectivity index (χ2n) is 6.15. The topological polar surface area (TPSA) is 58.1 Å². The summed E-state index contributed by atoms with van der Waals surface area (Å²) in [5.41, 5.74) is 1.21. The molecule has 26 heavy (non-hydrogen) atoms. The molecule has 1 aliphatic heterocycles. The Labute approximate surface area is 174 Å². The summed E-state index contributed by atoms with van der Waals surface area (Å²) in [7, 11) is 3.52. The molecule has 0 aliphatic carbocycles. The number of nitrogens with zero attached hydrogens (tertiary/aromatic N) is 2. The molecule has 1 heterocycles. The number of aliphatic imine (C=N–C) groups is 1. The van der Waals surface area contributed by atoms with Crippen LogP contribution in [0.15, 0.2) is 29.3 Å². The second kappa shape index (κ2) is 14.1. The van der Waals surface area contributed by atoms with E-state index in [1.54, 1.807) is 7.11 Å². The van der Waals surface area contributed by atoms with Crippen molar-refractivity contribution in [2.24, 2.45) is 4.99 Å². The SMILES string of the molecule is CN=C(NCCCCN1CCOCC1)NCCc1ccccc1OC.I. The second-order valence-corrected chi connectivity index (χ2v) is 6.15. The number of halogens is 1. The predicted molar refractivity (Wildman–Crippen MR) is 118 cm³/mol. The third-order valence-corrected chi connectivity index (χ3v) is 4.40. The van der Waals surface area contributed by atoms with Crippen LogP contribution >= 0.6 is 24.0 Å². The Hall–Kier alpha value is -1.06. The highest BCUT2D eigenvalue weighted by atomic mass is 127. The van der Waals surface area contributed by atoms with E-state index in [1.165, 1.54) is 12.0 Å². The van der Waals surface area contributed by atoms with Crippen LogP contribution in [0, 0.1) is 0 Å². The average Bonchev–Trinajstić information content (AvgIpc) is 2.67. The summed E-state index contributed by atoms with van der Waals surface area (Å²) >= 11 is 0. The van der Waals surface area contributed by atoms with Crippen LogP contribution in [0.25, 0.3) is 0 Å². The van der Waals surface area contributed by atoms with Crippen molar-refractivity contribution in [1.29, 1.82) is 0 Å². The van der Waals surface area contributed by atoms with E-state index in [1.807, 2.05) is 25.2 Å². The van der Waals surface area contributed by atoms with Gasteiger partial charge in [0.25, 0.3) is 0 Å². The third kappa shape index (κ3) is 8.55. The third-order valence-electron chi connectivity index (χ3n) is 4.40. The van der Waals surface area contributed by atoms with Gasteiger partial charge < -0.3 is 20.1 Å². The number of morpholine rings is 1. The highest BCUT2D eigenvalue weighted by Gasteiger charge is 2.09. The minimum atomic E-state index is 0. The summed E-state index contributed by atoms with van der Waals surface area (Å²) in [5.74, 6) is 1.80. The summed E-state index contributed by atoms with van der Waals surface area (Å²) in [6.07, 6.45) is 3.25. The molecule has 0 aromatic heterocycles. The summed E-state index contributed by atoms with van der Waals surface area (Å²) < 4.78 is 10.8. The quantitative estimate of drug-likeness (QED) is 0.248. The number of hydrogen-bond donors (Lipinski definition) is 2. The van der Waals surface area contributed by atoms with Crippen LogP contribution in [-0.2, 0) is 11.2 Å². The molecule has 1 aromatic carbocycles. The standard InChI is InChI=1S/C19H32N4O2.HI/c1-20-19(21-10-5-6-12-23-13-15-25-16-14-23)22-11-9-17-7-3-4-8-18(17)24-2;/h3-4,7-8H,5-6,9-16H2,1-2H3,(H2,20,21,22);1H. The molecule has 0 unspecified atom stereocenters. The molecule has 0 spiro atoms. The van der Waals surface area contributed by atoms with Crippen LogP contribution in [0.2, 0.25) is 0 Å². The molecule has 7 heteroatoms. The maximum atomic E-state index is 5.39. The van der Waals surface area contributed by atoms with Crippen LogP contribution in [0.5, 0.6) is 5.75 Å². The van der Waals surface area contributed by atoms with Crippen LogP contribution in [0.1, 0.15) is 18.4 Å². The van der Waals surface area contributed by atoms with Gasteiger partial charge >= 0.3 is 0 Å². The van der Waals surface area contributed by atoms with E-state index < -0.39 is 0 Å². The van der Waals surface area contributed by atoms with Crippen LogP contribution in [-0.4, -0.2) is 71.0 Å². The zero-order valence-electron chi connectivity index (χ0n) is 16.0. The molecular formula is C19H33IN4O2. The fraction of sp³-hybridized carbons (Fsp3) is 0.632. The number of para-hydroxylation sites is 1. The maximum Gasteiger partial charge on any atom is 0.190 e. The lowest BCUT2D eigenvalue weighted by atomic mass is 10.1. The fourth-order valence-electron chi connectivity index (χ4n) is 2.94. The van der Waals surface area contributed by atoms with Gasteiger partial charge in [0, 0.05) is 33.2 Å². The first-order chi connectivity index (χ1) is 12.3. The fourth-order valence-corrected chi connectivity index (χ4v) is 2.94. The molecule has 0 amide bonds. The molecule has 2 N–H and O–H groups in total. The van der Waals surface area contributed by atoms with Gasteiger partial charge in [0.1, 0.15) is 5.75 Å². The summed E-state index contributed by atoms with van der Waals surface area (Å²) in [6, 6.07) is 8.13. The largest absolute Gasteiger partial charge is 0.496 e. The smallest absolute Gasteiger partial charge is 0.190 e. The van der Waals surface area contributed by atoms with Crippen molar-refractivity contribution < 1.29 is 9.47 Å². The average molecular weight is 476 g/mol. The van der Waals surface area contributed by atoms with Crippen molar-refractivity contribution in [3.8, 4) is 5.75 Å². The number of benzene rings is 1. The van der Waals surface area contributed by atoms with Gasteiger partial charge in [-0.25, -0.2) is 0 Å². The molecule has 0 bridgehead atoms. The van der Waals surface area contributed by atoms with E-state index in [-0.39, 0.29) is 24.0 Å². The van der Waals surface area contributed by atoms with Gasteiger partial charge in [-0.05, 0) is 37.4 Å². The molecule has 0 saturated carbocycles. The Balaban J connectivity index is 0.00000338. The Kier molecular flexibility index (Phi) is 12.4. The monoisotopic (exact) mass is 476 g/mol. The first-order valence-corrected chi connectivity index (χ1v) is 9.20. The minimum Gasteiger partial charge on any atom is -0.496 e. The van der Waals surface area contributed by atoms with E-state index in [4.69, 9.17) is 9.47 Å². The van der Waals surface area contributed by atoms with Crippen LogP contribution in [0.4, 0.5) is 0 Å². The highest BCUT2D eigenvalue weighted by molar-refractivity contribution is 14.0. The lowest BCUT2D eigenvalue weighted by Crippen LogP contribution is -2.39. The lowest BCUT2D eigenvalue weighted by Gasteiger charge is -2.26. The van der Waals surface area contributed by atoms with Crippen molar-refractivity contribution >= 4 is 29.9 Å². The van der Waals surface area contributed by atoms with E-state index in [0.29, 0.717) is 0 Å². The summed E-state index contributed by atoms with van der Waals surface area (Å²) in [5, 5.41) is 6.75. The van der Waals surface area contributed by atoms with Gasteiger partial charge in [-0.3, -0.25) is 9.89 Å². The number of hydrogen-bond acceptors (Lipinski definition) is 4. The number of rotatable bonds is 9. The number of nitrogens with one attached hydrogen (secondary N) is 2. The molecule has 0 atom stereocenters. The Morgan fingerprint density at radius 3 is 2.62 bits per heavy atom. The van der Waals surface area contributed by atoms with Gasteiger partial charge in [-0.1, -0.05) is 18.2 Å². The normalized spacial score (nSPS) is 15.2. The minimum absolute atomic E-state index is 0. The van der Waals surface area contributed by atoms with Gasteiger partial charge in [0.05, 0.1) is 20.3 Å². The number of methoxy groups -OCH3 is 1. The van der Waals surface area contributed by atoms with Crippen molar-refractivity contribution in [2.75, 3.05) is 60.1 Å². The van der Waals surface area contributed by atoms with E-state index in [0.717, 1.165) is 70.5 Å². The Bertz CT molecular complexity index is 522. The van der Waals surface area contributed by atoms with Crippen molar-refractivity contribution in [1.82, 2.24) is 15.5 Å². The molecule has 0 radical (unpaired) electrons. The molecule has 1 aromatic rings. The summed E-state index contributed by atoms with van der Waals surface area (Å²) in [4.78, 5) is 6.76. The van der Waals surface area contributed by atoms with Gasteiger partial charge in [-0.2, -0.15) is 0 Å². The molecule has 148 valence electrons. The zero-order chi connectivity index (χ0) is 17.7. The first kappa shape index (κ1) is 23.0. The molecule has 1 aliphatic rings.